The second-order valence-electron chi connectivity index (χ2n) is 14.4. The smallest absolute Gasteiger partial charge is 0.291 e. The van der Waals surface area contributed by atoms with Crippen LogP contribution in [0.5, 0.6) is 0 Å². The van der Waals surface area contributed by atoms with Crippen LogP contribution < -0.4 is 4.90 Å². The first-order valence-corrected chi connectivity index (χ1v) is 18.3. The summed E-state index contributed by atoms with van der Waals surface area (Å²) in [5.74, 6) is -1.96. The molecule has 9 nitrogen and oxygen atoms in total. The summed E-state index contributed by atoms with van der Waals surface area (Å²) in [6.45, 7) is 23.7. The van der Waals surface area contributed by atoms with Gasteiger partial charge < -0.3 is 4.90 Å². The van der Waals surface area contributed by atoms with E-state index in [0.29, 0.717) is 44.3 Å². The van der Waals surface area contributed by atoms with E-state index in [1.807, 2.05) is 19.9 Å². The minimum atomic E-state index is -1.04. The predicted molar refractivity (Wildman–Crippen MR) is 203 cm³/mol. The van der Waals surface area contributed by atoms with Gasteiger partial charge in [0.2, 0.25) is 5.91 Å². The number of amides is 4. The second kappa shape index (κ2) is 16.0. The number of benzene rings is 2. The molecule has 0 N–H and O–H groups in total. The second-order valence-corrected chi connectivity index (χ2v) is 15.4. The number of thiazole rings is 1. The molecule has 268 valence electrons. The fraction of sp³-hybridized carbons (Fsp3) is 0.415. The Morgan fingerprint density at radius 1 is 0.882 bits per heavy atom. The number of imide groups is 2. The van der Waals surface area contributed by atoms with Gasteiger partial charge in [0.25, 0.3) is 17.7 Å². The van der Waals surface area contributed by atoms with Crippen LogP contribution in [0.1, 0.15) is 87.3 Å². The highest BCUT2D eigenvalue weighted by Gasteiger charge is 2.43. The SMILES string of the molecule is CC(=O)N(C(=O)c1ccccc1)N1C(=O)C(C#N)=C(C)/C(=C/c2sc(N(CC(C)C(C)C)CC(C)C(C)C)nc2-c2c(C)ccc(C)c2C)C1=O. The summed E-state index contributed by atoms with van der Waals surface area (Å²) in [6, 6.07) is 14.0. The van der Waals surface area contributed by atoms with Gasteiger partial charge >= 0.3 is 0 Å². The van der Waals surface area contributed by atoms with Crippen molar-refractivity contribution in [3.8, 4) is 17.3 Å². The van der Waals surface area contributed by atoms with Crippen molar-refractivity contribution in [1.82, 2.24) is 15.0 Å². The molecule has 0 bridgehead atoms. The Balaban J connectivity index is 1.99. The van der Waals surface area contributed by atoms with Crippen LogP contribution in [0.4, 0.5) is 5.13 Å². The third-order valence-electron chi connectivity index (χ3n) is 10.1. The predicted octanol–water partition coefficient (Wildman–Crippen LogP) is 8.32. The Morgan fingerprint density at radius 3 is 1.98 bits per heavy atom. The quantitative estimate of drug-likeness (QED) is 0.145. The highest BCUT2D eigenvalue weighted by atomic mass is 32.1. The lowest BCUT2D eigenvalue weighted by Crippen LogP contribution is -2.57. The van der Waals surface area contributed by atoms with Crippen LogP contribution in [-0.4, -0.2) is 51.7 Å². The normalized spacial score (nSPS) is 15.5. The van der Waals surface area contributed by atoms with Crippen LogP contribution in [0.3, 0.4) is 0 Å². The number of aromatic nitrogens is 1. The van der Waals surface area contributed by atoms with Gasteiger partial charge in [-0.15, -0.1) is 0 Å². The molecule has 2 atom stereocenters. The van der Waals surface area contributed by atoms with E-state index >= 15 is 0 Å². The molecule has 0 radical (unpaired) electrons. The zero-order valence-corrected chi connectivity index (χ0v) is 32.4. The maximum Gasteiger partial charge on any atom is 0.291 e. The summed E-state index contributed by atoms with van der Waals surface area (Å²) >= 11 is 1.45. The highest BCUT2D eigenvalue weighted by molar-refractivity contribution is 7.17. The molecule has 3 aromatic rings. The Bertz CT molecular complexity index is 1930. The molecule has 0 fully saturated rings. The molecule has 2 heterocycles. The summed E-state index contributed by atoms with van der Waals surface area (Å²) in [5, 5.41) is 12.0. The Kier molecular flexibility index (Phi) is 12.2. The van der Waals surface area contributed by atoms with Crippen molar-refractivity contribution in [3.63, 3.8) is 0 Å². The van der Waals surface area contributed by atoms with E-state index < -0.39 is 23.6 Å². The number of nitrogens with zero attached hydrogens (tertiary/aromatic N) is 5. The van der Waals surface area contributed by atoms with Crippen molar-refractivity contribution in [1.29, 1.82) is 5.26 Å². The highest BCUT2D eigenvalue weighted by Crippen LogP contribution is 2.41. The topological polar surface area (TPSA) is 115 Å². The number of rotatable bonds is 11. The first-order chi connectivity index (χ1) is 24.0. The molecule has 0 aliphatic carbocycles. The number of carbonyl (C=O) groups is 4. The Hall–Kier alpha value is -4.88. The molecular weight excluding hydrogens is 659 g/mol. The summed E-state index contributed by atoms with van der Waals surface area (Å²) < 4.78 is 0. The molecule has 51 heavy (non-hydrogen) atoms. The zero-order chi connectivity index (χ0) is 37.9. The summed E-state index contributed by atoms with van der Waals surface area (Å²) in [6.07, 6.45) is 1.66. The minimum absolute atomic E-state index is 0.0234. The summed E-state index contributed by atoms with van der Waals surface area (Å²) in [5.41, 5.74) is 4.75. The Morgan fingerprint density at radius 2 is 1.45 bits per heavy atom. The monoisotopic (exact) mass is 707 g/mol. The number of hydrazine groups is 1. The molecular formula is C41H49N5O4S. The molecule has 4 amide bonds. The average Bonchev–Trinajstić information content (AvgIpc) is 3.49. The third-order valence-corrected chi connectivity index (χ3v) is 11.2. The maximum atomic E-state index is 14.4. The number of aryl methyl sites for hydroxylation is 2. The third kappa shape index (κ3) is 8.04. The number of hydrogen-bond donors (Lipinski definition) is 0. The van der Waals surface area contributed by atoms with Crippen LogP contribution >= 0.6 is 11.3 Å². The van der Waals surface area contributed by atoms with E-state index in [9.17, 15) is 24.4 Å². The van der Waals surface area contributed by atoms with E-state index in [-0.39, 0.29) is 22.3 Å². The van der Waals surface area contributed by atoms with Gasteiger partial charge in [0.05, 0.1) is 10.6 Å². The Labute approximate surface area is 306 Å². The van der Waals surface area contributed by atoms with Crippen LogP contribution in [0.15, 0.2) is 59.2 Å². The molecule has 1 aliphatic heterocycles. The fourth-order valence-electron chi connectivity index (χ4n) is 5.86. The van der Waals surface area contributed by atoms with Crippen LogP contribution in [-0.2, 0) is 14.4 Å². The van der Waals surface area contributed by atoms with E-state index in [1.54, 1.807) is 31.2 Å². The largest absolute Gasteiger partial charge is 0.348 e. The van der Waals surface area contributed by atoms with Crippen molar-refractivity contribution in [2.45, 2.75) is 76.2 Å². The lowest BCUT2D eigenvalue weighted by atomic mass is 9.93. The molecule has 1 aliphatic rings. The number of anilines is 1. The van der Waals surface area contributed by atoms with Gasteiger partial charge in [0.15, 0.2) is 5.13 Å². The number of nitriles is 1. The first-order valence-electron chi connectivity index (χ1n) is 17.4. The van der Waals surface area contributed by atoms with Gasteiger partial charge in [-0.25, -0.2) is 4.98 Å². The average molecular weight is 708 g/mol. The summed E-state index contributed by atoms with van der Waals surface area (Å²) in [7, 11) is 0. The zero-order valence-electron chi connectivity index (χ0n) is 31.6. The number of hydrogen-bond acceptors (Lipinski definition) is 8. The van der Waals surface area contributed by atoms with Crippen LogP contribution in [0.25, 0.3) is 17.3 Å². The molecule has 0 saturated carbocycles. The van der Waals surface area contributed by atoms with Gasteiger partial charge in [0, 0.05) is 36.7 Å². The van der Waals surface area contributed by atoms with Crippen molar-refractivity contribution in [2.75, 3.05) is 18.0 Å². The van der Waals surface area contributed by atoms with Crippen molar-refractivity contribution in [2.24, 2.45) is 23.7 Å². The molecule has 2 aromatic carbocycles. The van der Waals surface area contributed by atoms with Crippen LogP contribution in [0.2, 0.25) is 0 Å². The standard InChI is InChI=1S/C41H49N5O4S/c1-23(2)27(7)21-44(22-28(8)24(3)4)41-43-37(36-26(6)18-17-25(5)29(36)9)35(51-41)19-33-30(10)34(20-42)40(50)46(39(33)49)45(31(11)47)38(48)32-15-13-12-14-16-32/h12-19,23-24,27-28H,21-22H2,1-11H3/b33-19-. The fourth-order valence-corrected chi connectivity index (χ4v) is 6.89. The maximum absolute atomic E-state index is 14.4. The lowest BCUT2D eigenvalue weighted by Gasteiger charge is -2.34. The van der Waals surface area contributed by atoms with E-state index in [4.69, 9.17) is 4.98 Å². The van der Waals surface area contributed by atoms with Gasteiger partial charge in [0.1, 0.15) is 11.6 Å². The first kappa shape index (κ1) is 38.9. The molecule has 4 rings (SSSR count). The molecule has 1 aromatic heterocycles. The van der Waals surface area contributed by atoms with Crippen LogP contribution in [0, 0.1) is 55.8 Å². The van der Waals surface area contributed by atoms with Crippen molar-refractivity contribution in [3.05, 3.63) is 86.3 Å². The van der Waals surface area contributed by atoms with E-state index in [2.05, 4.69) is 65.5 Å². The van der Waals surface area contributed by atoms with Gasteiger partial charge in [-0.1, -0.05) is 83.2 Å². The molecule has 0 spiro atoms. The molecule has 0 saturated heterocycles. The number of carbonyl (C=O) groups excluding carboxylic acids is 4. The molecule has 10 heteroatoms. The van der Waals surface area contributed by atoms with E-state index in [0.717, 1.165) is 47.4 Å². The lowest BCUT2D eigenvalue weighted by molar-refractivity contribution is -0.163. The van der Waals surface area contributed by atoms with Crippen molar-refractivity contribution >= 4 is 46.2 Å². The van der Waals surface area contributed by atoms with Crippen molar-refractivity contribution < 1.29 is 19.2 Å². The van der Waals surface area contributed by atoms with Gasteiger partial charge in [-0.3, -0.25) is 19.2 Å². The van der Waals surface area contributed by atoms with Gasteiger partial charge in [-0.05, 0) is 91.8 Å². The molecule has 2 unspecified atom stereocenters. The summed E-state index contributed by atoms with van der Waals surface area (Å²) in [4.78, 5) is 63.1. The van der Waals surface area contributed by atoms with E-state index in [1.165, 1.54) is 23.5 Å². The van der Waals surface area contributed by atoms with Gasteiger partial charge in [-0.2, -0.15) is 15.3 Å². The minimum Gasteiger partial charge on any atom is -0.348 e.